The molecular formula is C21H22N6O3. The number of rotatable bonds is 5. The Labute approximate surface area is 174 Å². The van der Waals surface area contributed by atoms with Gasteiger partial charge in [-0.1, -0.05) is 24.3 Å². The third-order valence-electron chi connectivity index (χ3n) is 4.97. The van der Waals surface area contributed by atoms with E-state index in [-0.39, 0.29) is 12.2 Å². The molecule has 1 atom stereocenters. The van der Waals surface area contributed by atoms with Gasteiger partial charge in [-0.15, -0.1) is 0 Å². The van der Waals surface area contributed by atoms with E-state index in [0.717, 1.165) is 35.8 Å². The molecule has 0 radical (unpaired) electrons. The molecule has 1 unspecified atom stereocenters. The van der Waals surface area contributed by atoms with Crippen molar-refractivity contribution in [3.63, 3.8) is 0 Å². The maximum atomic E-state index is 5.97. The summed E-state index contributed by atoms with van der Waals surface area (Å²) in [6.45, 7) is 2.77. The molecule has 0 saturated carbocycles. The lowest BCUT2D eigenvalue weighted by Crippen LogP contribution is -2.37. The van der Waals surface area contributed by atoms with Gasteiger partial charge >= 0.3 is 6.01 Å². The van der Waals surface area contributed by atoms with Crippen LogP contribution in [0, 0.1) is 0 Å². The standard InChI is InChI=1S/C21H22N6O3/c1-28-21-25-19(24-20(26-21)27-10-12-29-13-11-27)22-15-8-6-14(7-9-15)18-23-16-4-2-3-5-17(16)30-18/h2-9,18,23H,10-13H2,1H3,(H,22,24,25,26). The summed E-state index contributed by atoms with van der Waals surface area (Å²) in [5.41, 5.74) is 2.88. The summed E-state index contributed by atoms with van der Waals surface area (Å²) >= 11 is 0. The molecule has 30 heavy (non-hydrogen) atoms. The molecule has 1 aromatic heterocycles. The zero-order valence-corrected chi connectivity index (χ0v) is 16.5. The lowest BCUT2D eigenvalue weighted by Gasteiger charge is -2.26. The first-order valence-corrected chi connectivity index (χ1v) is 9.80. The molecule has 9 heteroatoms. The first kappa shape index (κ1) is 18.4. The van der Waals surface area contributed by atoms with Crippen molar-refractivity contribution in [2.24, 2.45) is 0 Å². The normalized spacial score (nSPS) is 17.6. The van der Waals surface area contributed by atoms with Crippen molar-refractivity contribution in [1.29, 1.82) is 0 Å². The monoisotopic (exact) mass is 406 g/mol. The molecule has 0 aliphatic carbocycles. The van der Waals surface area contributed by atoms with Crippen LogP contribution in [-0.2, 0) is 4.74 Å². The number of morpholine rings is 1. The first-order chi connectivity index (χ1) is 14.8. The topological polar surface area (TPSA) is 93.7 Å². The number of hydrogen-bond acceptors (Lipinski definition) is 9. The average molecular weight is 406 g/mol. The molecule has 3 heterocycles. The van der Waals surface area contributed by atoms with Gasteiger partial charge in [0.2, 0.25) is 11.9 Å². The predicted molar refractivity (Wildman–Crippen MR) is 113 cm³/mol. The second-order valence-corrected chi connectivity index (χ2v) is 6.93. The zero-order chi connectivity index (χ0) is 20.3. The number of hydrogen-bond donors (Lipinski definition) is 2. The summed E-state index contributed by atoms with van der Waals surface area (Å²) in [5.74, 6) is 1.86. The number of anilines is 4. The number of benzene rings is 2. The summed E-state index contributed by atoms with van der Waals surface area (Å²) in [7, 11) is 1.55. The highest BCUT2D eigenvalue weighted by atomic mass is 16.5. The molecule has 2 N–H and O–H groups in total. The van der Waals surface area contributed by atoms with Gasteiger partial charge in [-0.2, -0.15) is 15.0 Å². The van der Waals surface area contributed by atoms with Crippen molar-refractivity contribution in [2.75, 3.05) is 48.9 Å². The van der Waals surface area contributed by atoms with Gasteiger partial charge in [-0.3, -0.25) is 0 Å². The van der Waals surface area contributed by atoms with Gasteiger partial charge in [0.05, 0.1) is 26.0 Å². The molecule has 154 valence electrons. The molecule has 0 bridgehead atoms. The van der Waals surface area contributed by atoms with Crippen molar-refractivity contribution in [3.05, 3.63) is 54.1 Å². The van der Waals surface area contributed by atoms with Gasteiger partial charge in [0.25, 0.3) is 0 Å². The lowest BCUT2D eigenvalue weighted by molar-refractivity contribution is 0.122. The number of methoxy groups -OCH3 is 1. The second kappa shape index (κ2) is 8.03. The van der Waals surface area contributed by atoms with Crippen molar-refractivity contribution in [1.82, 2.24) is 15.0 Å². The Hall–Kier alpha value is -3.59. The van der Waals surface area contributed by atoms with Gasteiger partial charge in [-0.05, 0) is 24.3 Å². The van der Waals surface area contributed by atoms with E-state index < -0.39 is 0 Å². The summed E-state index contributed by atoms with van der Waals surface area (Å²) in [5, 5.41) is 6.60. The van der Waals surface area contributed by atoms with Gasteiger partial charge in [0.1, 0.15) is 5.75 Å². The molecule has 1 saturated heterocycles. The van der Waals surface area contributed by atoms with E-state index in [9.17, 15) is 0 Å². The first-order valence-electron chi connectivity index (χ1n) is 9.80. The number of ether oxygens (including phenoxy) is 3. The highest BCUT2D eigenvalue weighted by molar-refractivity contribution is 5.61. The van der Waals surface area contributed by atoms with Crippen LogP contribution in [0.3, 0.4) is 0 Å². The molecule has 0 spiro atoms. The molecule has 2 aliphatic rings. The van der Waals surface area contributed by atoms with E-state index in [4.69, 9.17) is 14.2 Å². The third-order valence-corrected chi connectivity index (χ3v) is 4.97. The maximum Gasteiger partial charge on any atom is 0.322 e. The van der Waals surface area contributed by atoms with E-state index in [1.807, 2.05) is 48.5 Å². The van der Waals surface area contributed by atoms with E-state index >= 15 is 0 Å². The second-order valence-electron chi connectivity index (χ2n) is 6.93. The molecule has 0 amide bonds. The molecule has 3 aromatic rings. The van der Waals surface area contributed by atoms with Crippen LogP contribution in [0.5, 0.6) is 11.8 Å². The Kier molecular flexibility index (Phi) is 4.94. The van der Waals surface area contributed by atoms with Crippen LogP contribution in [0.4, 0.5) is 23.3 Å². The Bertz CT molecular complexity index is 999. The minimum atomic E-state index is -0.207. The smallest absolute Gasteiger partial charge is 0.322 e. The average Bonchev–Trinajstić information content (AvgIpc) is 3.24. The van der Waals surface area contributed by atoms with Gasteiger partial charge in [0.15, 0.2) is 6.23 Å². The molecule has 2 aliphatic heterocycles. The molecular weight excluding hydrogens is 384 g/mol. The summed E-state index contributed by atoms with van der Waals surface area (Å²) in [4.78, 5) is 15.3. The molecule has 1 fully saturated rings. The predicted octanol–water partition coefficient (Wildman–Crippen LogP) is 2.96. The number of para-hydroxylation sites is 2. The number of nitrogens with one attached hydrogen (secondary N) is 2. The SMILES string of the molecule is COc1nc(Nc2ccc(C3Nc4ccccc4O3)cc2)nc(N2CCOCC2)n1. The Balaban J connectivity index is 1.31. The van der Waals surface area contributed by atoms with Crippen LogP contribution in [-0.4, -0.2) is 48.4 Å². The fourth-order valence-electron chi connectivity index (χ4n) is 3.41. The quantitative estimate of drug-likeness (QED) is 0.663. The Morgan fingerprint density at radius 3 is 2.60 bits per heavy atom. The van der Waals surface area contributed by atoms with Crippen LogP contribution in [0.15, 0.2) is 48.5 Å². The van der Waals surface area contributed by atoms with Crippen LogP contribution < -0.4 is 25.0 Å². The highest BCUT2D eigenvalue weighted by Crippen LogP contribution is 2.37. The van der Waals surface area contributed by atoms with Gasteiger partial charge in [0, 0.05) is 24.3 Å². The van der Waals surface area contributed by atoms with Crippen molar-refractivity contribution in [3.8, 4) is 11.8 Å². The number of nitrogens with zero attached hydrogens (tertiary/aromatic N) is 4. The van der Waals surface area contributed by atoms with E-state index in [0.29, 0.717) is 25.1 Å². The van der Waals surface area contributed by atoms with Crippen LogP contribution >= 0.6 is 0 Å². The minimum Gasteiger partial charge on any atom is -0.467 e. The van der Waals surface area contributed by atoms with Crippen LogP contribution in [0.2, 0.25) is 0 Å². The fourth-order valence-corrected chi connectivity index (χ4v) is 3.41. The largest absolute Gasteiger partial charge is 0.467 e. The molecule has 2 aromatic carbocycles. The minimum absolute atomic E-state index is 0.207. The number of aromatic nitrogens is 3. The summed E-state index contributed by atoms with van der Waals surface area (Å²) in [6.07, 6.45) is -0.207. The molecule has 9 nitrogen and oxygen atoms in total. The zero-order valence-electron chi connectivity index (χ0n) is 16.5. The highest BCUT2D eigenvalue weighted by Gasteiger charge is 2.22. The van der Waals surface area contributed by atoms with Gasteiger partial charge < -0.3 is 29.7 Å². The van der Waals surface area contributed by atoms with Crippen molar-refractivity contribution >= 4 is 23.3 Å². The van der Waals surface area contributed by atoms with E-state index in [1.54, 1.807) is 7.11 Å². The van der Waals surface area contributed by atoms with Crippen LogP contribution in [0.1, 0.15) is 11.8 Å². The van der Waals surface area contributed by atoms with Crippen LogP contribution in [0.25, 0.3) is 0 Å². The van der Waals surface area contributed by atoms with Crippen molar-refractivity contribution < 1.29 is 14.2 Å². The molecule has 5 rings (SSSR count). The number of fused-ring (bicyclic) bond motifs is 1. The third kappa shape index (κ3) is 3.79. The fraction of sp³-hybridized carbons (Fsp3) is 0.286. The summed E-state index contributed by atoms with van der Waals surface area (Å²) < 4.78 is 16.6. The van der Waals surface area contributed by atoms with Gasteiger partial charge in [-0.25, -0.2) is 0 Å². The maximum absolute atomic E-state index is 5.97. The Morgan fingerprint density at radius 2 is 1.83 bits per heavy atom. The van der Waals surface area contributed by atoms with Crippen molar-refractivity contribution in [2.45, 2.75) is 6.23 Å². The van der Waals surface area contributed by atoms with E-state index in [1.165, 1.54) is 0 Å². The van der Waals surface area contributed by atoms with E-state index in [2.05, 4.69) is 30.5 Å². The summed E-state index contributed by atoms with van der Waals surface area (Å²) in [6, 6.07) is 16.1. The Morgan fingerprint density at radius 1 is 1.03 bits per heavy atom. The lowest BCUT2D eigenvalue weighted by atomic mass is 10.2.